The third-order valence-electron chi connectivity index (χ3n) is 7.45. The maximum absolute atomic E-state index is 13.4. The Morgan fingerprint density at radius 1 is 0.735 bits per heavy atom. The molecule has 3 aromatic rings. The van der Waals surface area contributed by atoms with Gasteiger partial charge in [0.1, 0.15) is 0 Å². The Kier molecular flexibility index (Phi) is 6.87. The van der Waals surface area contributed by atoms with Gasteiger partial charge < -0.3 is 0 Å². The molecule has 2 amide bonds. The average molecular weight is 453 g/mol. The van der Waals surface area contributed by atoms with Crippen molar-refractivity contribution in [1.29, 1.82) is 0 Å². The molecule has 34 heavy (non-hydrogen) atoms. The van der Waals surface area contributed by atoms with Gasteiger partial charge in [0.05, 0.1) is 12.5 Å². The van der Waals surface area contributed by atoms with E-state index in [0.29, 0.717) is 18.9 Å². The molecule has 174 valence electrons. The second-order valence-electron chi connectivity index (χ2n) is 9.61. The van der Waals surface area contributed by atoms with E-state index in [0.717, 1.165) is 43.5 Å². The van der Waals surface area contributed by atoms with Crippen molar-refractivity contribution in [2.45, 2.75) is 37.6 Å². The second-order valence-corrected chi connectivity index (χ2v) is 9.61. The van der Waals surface area contributed by atoms with Crippen molar-refractivity contribution in [3.8, 4) is 0 Å². The van der Waals surface area contributed by atoms with Crippen molar-refractivity contribution in [3.05, 3.63) is 108 Å². The SMILES string of the molecule is O=C1CC(N2CCC(Cc3ccccc3)CC2)C(=O)N1CC(c1ccccc1)c1ccccc1. The molecule has 1 atom stereocenters. The lowest BCUT2D eigenvalue weighted by atomic mass is 9.89. The highest BCUT2D eigenvalue weighted by atomic mass is 16.2. The maximum Gasteiger partial charge on any atom is 0.247 e. The molecule has 2 aliphatic heterocycles. The molecular weight excluding hydrogens is 420 g/mol. The fourth-order valence-corrected chi connectivity index (χ4v) is 5.52. The quantitative estimate of drug-likeness (QED) is 0.479. The van der Waals surface area contributed by atoms with Gasteiger partial charge in [-0.25, -0.2) is 0 Å². The first-order valence-electron chi connectivity index (χ1n) is 12.4. The second kappa shape index (κ2) is 10.4. The van der Waals surface area contributed by atoms with Crippen LogP contribution in [0.25, 0.3) is 0 Å². The standard InChI is InChI=1S/C30H32N2O2/c33-29-21-28(31-18-16-24(17-19-31)20-23-10-4-1-5-11-23)30(34)32(29)22-27(25-12-6-2-7-13-25)26-14-8-3-9-15-26/h1-15,24,27-28H,16-22H2. The smallest absolute Gasteiger partial charge is 0.247 e. The Labute approximate surface area is 202 Å². The summed E-state index contributed by atoms with van der Waals surface area (Å²) in [6.45, 7) is 2.16. The predicted molar refractivity (Wildman–Crippen MR) is 134 cm³/mol. The van der Waals surface area contributed by atoms with Crippen LogP contribution < -0.4 is 0 Å². The van der Waals surface area contributed by atoms with Gasteiger partial charge in [0.2, 0.25) is 11.8 Å². The fraction of sp³-hybridized carbons (Fsp3) is 0.333. The number of hydrogen-bond acceptors (Lipinski definition) is 3. The molecule has 0 N–H and O–H groups in total. The van der Waals surface area contributed by atoms with Crippen LogP contribution in [0, 0.1) is 5.92 Å². The Bertz CT molecular complexity index is 1050. The first kappa shape index (κ1) is 22.5. The van der Waals surface area contributed by atoms with Crippen molar-refractivity contribution in [2.24, 2.45) is 5.92 Å². The zero-order valence-electron chi connectivity index (χ0n) is 19.6. The molecule has 0 saturated carbocycles. The van der Waals surface area contributed by atoms with Crippen LogP contribution in [0.4, 0.5) is 0 Å². The van der Waals surface area contributed by atoms with Crippen LogP contribution in [0.5, 0.6) is 0 Å². The topological polar surface area (TPSA) is 40.6 Å². The van der Waals surface area contributed by atoms with E-state index in [1.807, 2.05) is 36.4 Å². The minimum atomic E-state index is -0.308. The third-order valence-corrected chi connectivity index (χ3v) is 7.45. The molecule has 2 heterocycles. The molecule has 0 radical (unpaired) electrons. The van der Waals surface area contributed by atoms with Gasteiger partial charge in [0.25, 0.3) is 0 Å². The highest BCUT2D eigenvalue weighted by Gasteiger charge is 2.43. The van der Waals surface area contributed by atoms with Crippen molar-refractivity contribution in [1.82, 2.24) is 9.80 Å². The number of piperidine rings is 1. The first-order chi connectivity index (χ1) is 16.7. The van der Waals surface area contributed by atoms with Gasteiger partial charge in [-0.05, 0) is 55.0 Å². The van der Waals surface area contributed by atoms with E-state index in [-0.39, 0.29) is 23.8 Å². The number of benzene rings is 3. The molecule has 4 heteroatoms. The third kappa shape index (κ3) is 4.97. The summed E-state index contributed by atoms with van der Waals surface area (Å²) < 4.78 is 0. The molecule has 0 aliphatic carbocycles. The van der Waals surface area contributed by atoms with Crippen molar-refractivity contribution < 1.29 is 9.59 Å². The molecule has 0 bridgehead atoms. The largest absolute Gasteiger partial charge is 0.292 e. The van der Waals surface area contributed by atoms with E-state index >= 15 is 0 Å². The monoisotopic (exact) mass is 452 g/mol. The van der Waals surface area contributed by atoms with Gasteiger partial charge in [-0.2, -0.15) is 0 Å². The number of amides is 2. The number of nitrogens with zero attached hydrogens (tertiary/aromatic N) is 2. The van der Waals surface area contributed by atoms with E-state index in [9.17, 15) is 9.59 Å². The lowest BCUT2D eigenvalue weighted by Gasteiger charge is -2.35. The lowest BCUT2D eigenvalue weighted by molar-refractivity contribution is -0.140. The predicted octanol–water partition coefficient (Wildman–Crippen LogP) is 4.90. The number of imide groups is 1. The zero-order valence-corrected chi connectivity index (χ0v) is 19.6. The fourth-order valence-electron chi connectivity index (χ4n) is 5.52. The summed E-state index contributed by atoms with van der Waals surface area (Å²) in [7, 11) is 0. The number of hydrogen-bond donors (Lipinski definition) is 0. The Morgan fingerprint density at radius 2 is 1.26 bits per heavy atom. The summed E-state index contributed by atoms with van der Waals surface area (Å²) in [4.78, 5) is 30.2. The Hall–Kier alpha value is -3.24. The summed E-state index contributed by atoms with van der Waals surface area (Å²) in [5.74, 6) is 0.551. The molecule has 1 unspecified atom stereocenters. The van der Waals surface area contributed by atoms with E-state index < -0.39 is 0 Å². The molecule has 5 rings (SSSR count). The van der Waals surface area contributed by atoms with E-state index in [1.165, 1.54) is 10.5 Å². The molecule has 3 aromatic carbocycles. The van der Waals surface area contributed by atoms with Gasteiger partial charge >= 0.3 is 0 Å². The van der Waals surface area contributed by atoms with E-state index in [4.69, 9.17) is 0 Å². The number of carbonyl (C=O) groups is 2. The maximum atomic E-state index is 13.4. The van der Waals surface area contributed by atoms with Crippen LogP contribution in [0.1, 0.15) is 41.9 Å². The van der Waals surface area contributed by atoms with Crippen molar-refractivity contribution in [2.75, 3.05) is 19.6 Å². The molecule has 4 nitrogen and oxygen atoms in total. The summed E-state index contributed by atoms with van der Waals surface area (Å²) in [5.41, 5.74) is 3.63. The van der Waals surface area contributed by atoms with Gasteiger partial charge in [0, 0.05) is 12.5 Å². The Morgan fingerprint density at radius 3 is 1.82 bits per heavy atom. The molecule has 2 fully saturated rings. The zero-order chi connectivity index (χ0) is 23.3. The number of rotatable bonds is 7. The summed E-state index contributed by atoms with van der Waals surface area (Å²) in [6, 6.07) is 30.7. The van der Waals surface area contributed by atoms with Gasteiger partial charge in [0.15, 0.2) is 0 Å². The lowest BCUT2D eigenvalue weighted by Crippen LogP contribution is -2.46. The molecule has 0 spiro atoms. The van der Waals surface area contributed by atoms with Crippen LogP contribution in [-0.4, -0.2) is 47.3 Å². The van der Waals surface area contributed by atoms with Crippen molar-refractivity contribution >= 4 is 11.8 Å². The number of likely N-dealkylation sites (tertiary alicyclic amines) is 2. The minimum absolute atomic E-state index is 0.0225. The average Bonchev–Trinajstić information content (AvgIpc) is 3.17. The van der Waals surface area contributed by atoms with Gasteiger partial charge in [-0.3, -0.25) is 19.4 Å². The number of carbonyl (C=O) groups excluding carboxylic acids is 2. The Balaban J connectivity index is 1.25. The minimum Gasteiger partial charge on any atom is -0.292 e. The molecular formula is C30H32N2O2. The van der Waals surface area contributed by atoms with E-state index in [2.05, 4.69) is 59.5 Å². The van der Waals surface area contributed by atoms with Crippen LogP contribution in [0.2, 0.25) is 0 Å². The van der Waals surface area contributed by atoms with Crippen LogP contribution in [0.3, 0.4) is 0 Å². The first-order valence-corrected chi connectivity index (χ1v) is 12.4. The van der Waals surface area contributed by atoms with Gasteiger partial charge in [-0.1, -0.05) is 91.0 Å². The summed E-state index contributed by atoms with van der Waals surface area (Å²) >= 11 is 0. The molecule has 0 aromatic heterocycles. The van der Waals surface area contributed by atoms with Crippen LogP contribution >= 0.6 is 0 Å². The normalized spacial score (nSPS) is 19.8. The van der Waals surface area contributed by atoms with E-state index in [1.54, 1.807) is 0 Å². The summed E-state index contributed by atoms with van der Waals surface area (Å²) in [5, 5.41) is 0. The summed E-state index contributed by atoms with van der Waals surface area (Å²) in [6.07, 6.45) is 3.54. The highest BCUT2D eigenvalue weighted by Crippen LogP contribution is 2.31. The van der Waals surface area contributed by atoms with Gasteiger partial charge in [-0.15, -0.1) is 0 Å². The van der Waals surface area contributed by atoms with Crippen LogP contribution in [0.15, 0.2) is 91.0 Å². The highest BCUT2D eigenvalue weighted by molar-refractivity contribution is 6.05. The van der Waals surface area contributed by atoms with Crippen molar-refractivity contribution in [3.63, 3.8) is 0 Å². The molecule has 2 aliphatic rings. The molecule has 2 saturated heterocycles. The van der Waals surface area contributed by atoms with Crippen LogP contribution in [-0.2, 0) is 16.0 Å².